The summed E-state index contributed by atoms with van der Waals surface area (Å²) in [6.45, 7) is 6.31. The van der Waals surface area contributed by atoms with E-state index in [0.717, 1.165) is 60.1 Å². The van der Waals surface area contributed by atoms with Gasteiger partial charge in [0.05, 0.1) is 29.2 Å². The topological polar surface area (TPSA) is 76.0 Å². The molecule has 1 saturated heterocycles. The van der Waals surface area contributed by atoms with E-state index in [9.17, 15) is 0 Å². The van der Waals surface area contributed by atoms with E-state index in [-0.39, 0.29) is 0 Å². The average Bonchev–Trinajstić information content (AvgIpc) is 3.26. The maximum absolute atomic E-state index is 9.13. The summed E-state index contributed by atoms with van der Waals surface area (Å²) < 4.78 is 2.21. The van der Waals surface area contributed by atoms with E-state index in [1.54, 1.807) is 0 Å². The molecule has 0 spiro atoms. The van der Waals surface area contributed by atoms with Gasteiger partial charge in [-0.15, -0.1) is 5.10 Å². The molecule has 0 amide bonds. The van der Waals surface area contributed by atoms with Gasteiger partial charge in [0.25, 0.3) is 0 Å². The summed E-state index contributed by atoms with van der Waals surface area (Å²) >= 11 is 0. The van der Waals surface area contributed by atoms with E-state index < -0.39 is 0 Å². The Hall–Kier alpha value is -3.96. The van der Waals surface area contributed by atoms with Crippen molar-refractivity contribution in [1.82, 2.24) is 14.5 Å². The first-order valence-electron chi connectivity index (χ1n) is 11.9. The Morgan fingerprint density at radius 2 is 1.86 bits per heavy atom. The Morgan fingerprint density at radius 1 is 1.11 bits per heavy atom. The quantitative estimate of drug-likeness (QED) is 0.432. The summed E-state index contributed by atoms with van der Waals surface area (Å²) in [5, 5.41) is 17.4. The summed E-state index contributed by atoms with van der Waals surface area (Å²) in [7, 11) is 6.32. The Balaban J connectivity index is 1.51. The van der Waals surface area contributed by atoms with Crippen LogP contribution >= 0.6 is 0 Å². The number of benzene rings is 1. The normalized spacial score (nSPS) is 17.2. The first-order valence-corrected chi connectivity index (χ1v) is 11.9. The molecule has 2 aliphatic heterocycles. The lowest BCUT2D eigenvalue weighted by atomic mass is 10.0. The van der Waals surface area contributed by atoms with E-state index >= 15 is 0 Å². The first kappa shape index (κ1) is 22.8. The molecule has 8 heteroatoms. The van der Waals surface area contributed by atoms with Crippen molar-refractivity contribution < 1.29 is 0 Å². The van der Waals surface area contributed by atoms with Gasteiger partial charge in [0.2, 0.25) is 0 Å². The SMILES string of the molecule is C=N/N=C1/c2cc(-c3ccc(C#N)cc3)cn2Cc2cc(N3CCC(N(C)C)CC3)ncc2N1C. The molecule has 1 fully saturated rings. The van der Waals surface area contributed by atoms with Crippen LogP contribution in [0.25, 0.3) is 11.1 Å². The molecule has 0 saturated carbocycles. The third-order valence-electron chi connectivity index (χ3n) is 7.13. The number of rotatable bonds is 4. The fourth-order valence-corrected chi connectivity index (χ4v) is 5.07. The number of amidine groups is 1. The van der Waals surface area contributed by atoms with Crippen molar-refractivity contribution in [2.75, 3.05) is 44.0 Å². The summed E-state index contributed by atoms with van der Waals surface area (Å²) in [6, 6.07) is 14.8. The minimum absolute atomic E-state index is 0.631. The second kappa shape index (κ2) is 9.35. The first-order chi connectivity index (χ1) is 17.0. The van der Waals surface area contributed by atoms with Crippen molar-refractivity contribution in [3.05, 3.63) is 65.6 Å². The maximum Gasteiger partial charge on any atom is 0.179 e. The third kappa shape index (κ3) is 4.31. The molecular formula is C27H30N8. The fraction of sp³-hybridized carbons (Fsp3) is 0.333. The summed E-state index contributed by atoms with van der Waals surface area (Å²) in [5.74, 6) is 1.75. The number of hydrogen-bond donors (Lipinski definition) is 0. The smallest absolute Gasteiger partial charge is 0.179 e. The van der Waals surface area contributed by atoms with Gasteiger partial charge in [0, 0.05) is 56.8 Å². The molecule has 3 aromatic rings. The van der Waals surface area contributed by atoms with E-state index in [2.05, 4.69) is 69.8 Å². The number of nitriles is 1. The van der Waals surface area contributed by atoms with Gasteiger partial charge >= 0.3 is 0 Å². The zero-order chi connectivity index (χ0) is 24.5. The van der Waals surface area contributed by atoms with Gasteiger partial charge in [-0.2, -0.15) is 10.4 Å². The van der Waals surface area contributed by atoms with Crippen LogP contribution in [0, 0.1) is 11.3 Å². The van der Waals surface area contributed by atoms with E-state index in [1.165, 1.54) is 5.56 Å². The number of anilines is 2. The van der Waals surface area contributed by atoms with Crippen LogP contribution in [-0.2, 0) is 6.54 Å². The molecule has 4 heterocycles. The lowest BCUT2D eigenvalue weighted by Crippen LogP contribution is -2.42. The lowest BCUT2D eigenvalue weighted by molar-refractivity contribution is 0.249. The minimum Gasteiger partial charge on any atom is -0.356 e. The van der Waals surface area contributed by atoms with Gasteiger partial charge in [-0.25, -0.2) is 4.98 Å². The third-order valence-corrected chi connectivity index (χ3v) is 7.13. The van der Waals surface area contributed by atoms with Gasteiger partial charge < -0.3 is 19.3 Å². The summed E-state index contributed by atoms with van der Waals surface area (Å²) in [4.78, 5) is 11.6. The average molecular weight is 467 g/mol. The largest absolute Gasteiger partial charge is 0.356 e. The highest BCUT2D eigenvalue weighted by Crippen LogP contribution is 2.33. The van der Waals surface area contributed by atoms with Gasteiger partial charge in [-0.05, 0) is 56.8 Å². The van der Waals surface area contributed by atoms with Crippen molar-refractivity contribution in [3.8, 4) is 17.2 Å². The van der Waals surface area contributed by atoms with E-state index in [4.69, 9.17) is 10.2 Å². The van der Waals surface area contributed by atoms with Crippen molar-refractivity contribution >= 4 is 24.1 Å². The van der Waals surface area contributed by atoms with Crippen LogP contribution in [0.3, 0.4) is 0 Å². The Kier molecular flexibility index (Phi) is 6.10. The Morgan fingerprint density at radius 3 is 2.51 bits per heavy atom. The second-order valence-electron chi connectivity index (χ2n) is 9.41. The van der Waals surface area contributed by atoms with Crippen molar-refractivity contribution in [1.29, 1.82) is 5.26 Å². The van der Waals surface area contributed by atoms with Crippen LogP contribution < -0.4 is 9.80 Å². The number of piperidine rings is 1. The molecule has 5 rings (SSSR count). The molecule has 1 aromatic carbocycles. The maximum atomic E-state index is 9.13. The molecule has 0 bridgehead atoms. The zero-order valence-electron chi connectivity index (χ0n) is 20.5. The van der Waals surface area contributed by atoms with Crippen LogP contribution in [0.5, 0.6) is 0 Å². The Labute approximate surface area is 206 Å². The minimum atomic E-state index is 0.631. The standard InChI is InChI=1S/C27H30N8/c1-29-31-27-24-13-21(20-7-5-19(15-28)6-8-20)17-35(24)18-22-14-26(30-16-25(22)33(27)4)34-11-9-23(10-12-34)32(2)3/h5-8,13-14,16-17,23H,1,9-12,18H2,2-4H3/b31-27-. The molecular weight excluding hydrogens is 436 g/mol. The van der Waals surface area contributed by atoms with Gasteiger partial charge in [-0.1, -0.05) is 12.1 Å². The van der Waals surface area contributed by atoms with Gasteiger partial charge in [-0.3, -0.25) is 0 Å². The monoisotopic (exact) mass is 466 g/mol. The highest BCUT2D eigenvalue weighted by Gasteiger charge is 2.27. The molecule has 8 nitrogen and oxygen atoms in total. The molecule has 0 N–H and O–H groups in total. The van der Waals surface area contributed by atoms with Crippen LogP contribution in [-0.4, -0.2) is 67.3 Å². The zero-order valence-corrected chi connectivity index (χ0v) is 20.5. The number of nitrogens with zero attached hydrogens (tertiary/aromatic N) is 8. The molecule has 35 heavy (non-hydrogen) atoms. The predicted octanol–water partition coefficient (Wildman–Crippen LogP) is 3.81. The van der Waals surface area contributed by atoms with Gasteiger partial charge in [0.1, 0.15) is 5.82 Å². The molecule has 2 aliphatic rings. The van der Waals surface area contributed by atoms with Crippen molar-refractivity contribution in [3.63, 3.8) is 0 Å². The van der Waals surface area contributed by atoms with Crippen LogP contribution in [0.2, 0.25) is 0 Å². The number of pyridine rings is 1. The Bertz CT molecular complexity index is 1300. The summed E-state index contributed by atoms with van der Waals surface area (Å²) in [6.07, 6.45) is 6.38. The number of aromatic nitrogens is 2. The predicted molar refractivity (Wildman–Crippen MR) is 141 cm³/mol. The lowest BCUT2D eigenvalue weighted by Gasteiger charge is -2.36. The highest BCUT2D eigenvalue weighted by molar-refractivity contribution is 6.10. The molecule has 0 radical (unpaired) electrons. The van der Waals surface area contributed by atoms with Gasteiger partial charge in [0.15, 0.2) is 5.84 Å². The van der Waals surface area contributed by atoms with E-state index in [0.29, 0.717) is 18.2 Å². The molecule has 2 aromatic heterocycles. The van der Waals surface area contributed by atoms with Crippen LogP contribution in [0.4, 0.5) is 11.5 Å². The second-order valence-corrected chi connectivity index (χ2v) is 9.41. The molecule has 0 aliphatic carbocycles. The molecule has 0 atom stereocenters. The van der Waals surface area contributed by atoms with Crippen LogP contribution in [0.1, 0.15) is 29.7 Å². The van der Waals surface area contributed by atoms with Crippen LogP contribution in [0.15, 0.2) is 59.0 Å². The van der Waals surface area contributed by atoms with E-state index in [1.807, 2.05) is 42.4 Å². The highest BCUT2D eigenvalue weighted by atomic mass is 15.3. The molecule has 0 unspecified atom stereocenters. The summed E-state index contributed by atoms with van der Waals surface area (Å²) in [5.41, 5.74) is 5.93. The molecule has 178 valence electrons. The van der Waals surface area contributed by atoms with Crippen molar-refractivity contribution in [2.24, 2.45) is 10.2 Å². The number of hydrogen-bond acceptors (Lipinski definition) is 6. The fourth-order valence-electron chi connectivity index (χ4n) is 5.07. The van der Waals surface area contributed by atoms with Crippen molar-refractivity contribution in [2.45, 2.75) is 25.4 Å². The number of fused-ring (bicyclic) bond motifs is 2.